The van der Waals surface area contributed by atoms with Crippen molar-refractivity contribution >= 4 is 11.9 Å². The summed E-state index contributed by atoms with van der Waals surface area (Å²) in [5, 5.41) is 11.3. The molecule has 7 heteroatoms. The fourth-order valence-electron chi connectivity index (χ4n) is 3.20. The van der Waals surface area contributed by atoms with Gasteiger partial charge in [0.15, 0.2) is 5.96 Å². The lowest BCUT2D eigenvalue weighted by molar-refractivity contribution is 0.0827. The second kappa shape index (κ2) is 9.92. The number of benzene rings is 1. The van der Waals surface area contributed by atoms with Crippen molar-refractivity contribution in [3.05, 3.63) is 52.3 Å². The smallest absolute Gasteiger partial charge is 0.253 e. The highest BCUT2D eigenvalue weighted by atomic mass is 16.2. The van der Waals surface area contributed by atoms with Crippen LogP contribution in [0.5, 0.6) is 0 Å². The van der Waals surface area contributed by atoms with Crippen molar-refractivity contribution < 1.29 is 4.79 Å². The second-order valence-corrected chi connectivity index (χ2v) is 6.88. The Labute approximate surface area is 167 Å². The van der Waals surface area contributed by atoms with Crippen LogP contribution >= 0.6 is 0 Å². The first-order chi connectivity index (χ1) is 13.4. The van der Waals surface area contributed by atoms with E-state index in [1.165, 1.54) is 11.3 Å². The van der Waals surface area contributed by atoms with Crippen LogP contribution in [-0.2, 0) is 33.0 Å². The van der Waals surface area contributed by atoms with Gasteiger partial charge in [0.1, 0.15) is 0 Å². The average molecular weight is 385 g/mol. The first-order valence-electron chi connectivity index (χ1n) is 9.69. The lowest BCUT2D eigenvalue weighted by Gasteiger charge is -2.14. The van der Waals surface area contributed by atoms with E-state index in [1.54, 1.807) is 26.0 Å². The number of carbonyl (C=O) groups excluding carboxylic acids is 1. The molecule has 1 amide bonds. The van der Waals surface area contributed by atoms with Crippen LogP contribution in [-0.4, -0.2) is 47.7 Å². The zero-order valence-electron chi connectivity index (χ0n) is 17.8. The molecule has 0 aliphatic carbocycles. The van der Waals surface area contributed by atoms with Gasteiger partial charge >= 0.3 is 0 Å². The summed E-state index contributed by atoms with van der Waals surface area (Å²) >= 11 is 0. The van der Waals surface area contributed by atoms with Gasteiger partial charge in [-0.3, -0.25) is 14.5 Å². The van der Waals surface area contributed by atoms with E-state index < -0.39 is 0 Å². The maximum absolute atomic E-state index is 12.0. The van der Waals surface area contributed by atoms with Crippen LogP contribution in [0.1, 0.15) is 46.7 Å². The zero-order valence-corrected chi connectivity index (χ0v) is 17.8. The summed E-state index contributed by atoms with van der Waals surface area (Å²) in [6.07, 6.45) is 1.86. The third kappa shape index (κ3) is 5.12. The summed E-state index contributed by atoms with van der Waals surface area (Å²) in [5.41, 5.74) is 5.40. The van der Waals surface area contributed by atoms with Crippen molar-refractivity contribution in [2.75, 3.05) is 21.1 Å². The summed E-state index contributed by atoms with van der Waals surface area (Å²) in [6.45, 7) is 5.60. The molecule has 2 aromatic rings. The van der Waals surface area contributed by atoms with Crippen molar-refractivity contribution in [2.24, 2.45) is 12.0 Å². The first-order valence-corrected chi connectivity index (χ1v) is 9.69. The van der Waals surface area contributed by atoms with Gasteiger partial charge < -0.3 is 15.5 Å². The Morgan fingerprint density at radius 2 is 1.75 bits per heavy atom. The molecule has 1 aromatic heterocycles. The van der Waals surface area contributed by atoms with Gasteiger partial charge in [0, 0.05) is 58.1 Å². The fourth-order valence-corrected chi connectivity index (χ4v) is 3.20. The Balaban J connectivity index is 1.96. The van der Waals surface area contributed by atoms with Crippen LogP contribution in [0, 0.1) is 0 Å². The van der Waals surface area contributed by atoms with Crippen molar-refractivity contribution in [1.82, 2.24) is 25.3 Å². The number of nitrogens with zero attached hydrogens (tertiary/aromatic N) is 4. The lowest BCUT2D eigenvalue weighted by atomic mass is 10.1. The maximum atomic E-state index is 12.0. The van der Waals surface area contributed by atoms with E-state index in [2.05, 4.69) is 34.6 Å². The van der Waals surface area contributed by atoms with Crippen molar-refractivity contribution in [2.45, 2.75) is 39.8 Å². The number of rotatable bonds is 7. The molecule has 0 radical (unpaired) electrons. The van der Waals surface area contributed by atoms with Gasteiger partial charge in [-0.05, 0) is 30.5 Å². The molecule has 0 fully saturated rings. The molecule has 1 heterocycles. The van der Waals surface area contributed by atoms with E-state index in [-0.39, 0.29) is 5.91 Å². The predicted molar refractivity (Wildman–Crippen MR) is 113 cm³/mol. The van der Waals surface area contributed by atoms with E-state index in [4.69, 9.17) is 0 Å². The molecule has 152 valence electrons. The molecule has 28 heavy (non-hydrogen) atoms. The maximum Gasteiger partial charge on any atom is 0.253 e. The highest BCUT2D eigenvalue weighted by molar-refractivity contribution is 5.93. The normalized spacial score (nSPS) is 11.4. The van der Waals surface area contributed by atoms with Gasteiger partial charge in [-0.25, -0.2) is 0 Å². The van der Waals surface area contributed by atoms with Crippen molar-refractivity contribution in [3.63, 3.8) is 0 Å². The molecule has 0 bridgehead atoms. The molecular weight excluding hydrogens is 352 g/mol. The van der Waals surface area contributed by atoms with E-state index in [0.29, 0.717) is 18.7 Å². The van der Waals surface area contributed by atoms with E-state index in [9.17, 15) is 4.79 Å². The van der Waals surface area contributed by atoms with Crippen LogP contribution in [0.25, 0.3) is 0 Å². The molecule has 2 N–H and O–H groups in total. The van der Waals surface area contributed by atoms with Crippen molar-refractivity contribution in [1.29, 1.82) is 0 Å². The van der Waals surface area contributed by atoms with Gasteiger partial charge in [0.25, 0.3) is 5.91 Å². The number of aromatic nitrogens is 2. The Hall–Kier alpha value is -2.83. The van der Waals surface area contributed by atoms with Crippen molar-refractivity contribution in [3.8, 4) is 0 Å². The van der Waals surface area contributed by atoms with Crippen LogP contribution in [0.2, 0.25) is 0 Å². The van der Waals surface area contributed by atoms with E-state index in [1.807, 2.05) is 36.0 Å². The molecule has 0 spiro atoms. The standard InChI is InChI=1S/C21H32N6O/c1-7-18-17(19(8-2)27(6)25-18)14-24-21(22-3)23-13-15-9-11-16(12-10-15)20(28)26(4)5/h9-12H,7-8,13-14H2,1-6H3,(H2,22,23,24). The largest absolute Gasteiger partial charge is 0.352 e. The van der Waals surface area contributed by atoms with Crippen LogP contribution in [0.3, 0.4) is 0 Å². The third-order valence-corrected chi connectivity index (χ3v) is 4.75. The molecule has 0 saturated carbocycles. The summed E-state index contributed by atoms with van der Waals surface area (Å²) in [7, 11) is 7.27. The summed E-state index contributed by atoms with van der Waals surface area (Å²) < 4.78 is 1.97. The first kappa shape index (κ1) is 21.5. The number of hydrogen-bond acceptors (Lipinski definition) is 3. The molecule has 0 unspecified atom stereocenters. The van der Waals surface area contributed by atoms with Gasteiger partial charge in [-0.2, -0.15) is 5.10 Å². The molecule has 0 atom stereocenters. The quantitative estimate of drug-likeness (QED) is 0.566. The van der Waals surface area contributed by atoms with Gasteiger partial charge in [-0.1, -0.05) is 26.0 Å². The number of aliphatic imine (C=N–C) groups is 1. The summed E-state index contributed by atoms with van der Waals surface area (Å²) in [4.78, 5) is 17.9. The Kier molecular flexibility index (Phi) is 7.61. The molecule has 0 aliphatic heterocycles. The summed E-state index contributed by atoms with van der Waals surface area (Å²) in [6, 6.07) is 7.63. The fraction of sp³-hybridized carbons (Fsp3) is 0.476. The number of guanidine groups is 1. The van der Waals surface area contributed by atoms with Crippen LogP contribution in [0.4, 0.5) is 0 Å². The number of carbonyl (C=O) groups is 1. The zero-order chi connectivity index (χ0) is 20.7. The highest BCUT2D eigenvalue weighted by Crippen LogP contribution is 2.15. The molecule has 0 aliphatic rings. The topological polar surface area (TPSA) is 74.5 Å². The van der Waals surface area contributed by atoms with Gasteiger partial charge in [0.2, 0.25) is 0 Å². The van der Waals surface area contributed by atoms with Crippen LogP contribution in [0.15, 0.2) is 29.3 Å². The third-order valence-electron chi connectivity index (χ3n) is 4.75. The SMILES string of the molecule is CCc1nn(C)c(CC)c1CNC(=NC)NCc1ccc(C(=O)N(C)C)cc1. The monoisotopic (exact) mass is 384 g/mol. The average Bonchev–Trinajstić information content (AvgIpc) is 3.02. The number of hydrogen-bond donors (Lipinski definition) is 2. The number of nitrogens with one attached hydrogen (secondary N) is 2. The minimum Gasteiger partial charge on any atom is -0.352 e. The molecule has 2 rings (SSSR count). The lowest BCUT2D eigenvalue weighted by Crippen LogP contribution is -2.36. The predicted octanol–water partition coefficient (Wildman–Crippen LogP) is 2.11. The second-order valence-electron chi connectivity index (χ2n) is 6.88. The molecule has 0 saturated heterocycles. The number of amides is 1. The van der Waals surface area contributed by atoms with Crippen LogP contribution < -0.4 is 10.6 Å². The van der Waals surface area contributed by atoms with E-state index in [0.717, 1.165) is 30.1 Å². The molecule has 1 aromatic carbocycles. The number of aryl methyl sites for hydroxylation is 2. The minimum absolute atomic E-state index is 0.00640. The van der Waals surface area contributed by atoms with E-state index >= 15 is 0 Å². The van der Waals surface area contributed by atoms with Gasteiger partial charge in [0.05, 0.1) is 5.69 Å². The Morgan fingerprint density at radius 3 is 2.29 bits per heavy atom. The summed E-state index contributed by atoms with van der Waals surface area (Å²) in [5.74, 6) is 0.744. The Morgan fingerprint density at radius 1 is 1.11 bits per heavy atom. The molecule has 7 nitrogen and oxygen atoms in total. The highest BCUT2D eigenvalue weighted by Gasteiger charge is 2.14. The Bertz CT molecular complexity index is 820. The molecular formula is C21H32N6O. The minimum atomic E-state index is 0.00640. The van der Waals surface area contributed by atoms with Gasteiger partial charge in [-0.15, -0.1) is 0 Å².